The second-order valence-electron chi connectivity index (χ2n) is 6.43. The highest BCUT2D eigenvalue weighted by molar-refractivity contribution is 6.30. The smallest absolute Gasteiger partial charge is 0.274 e. The molecule has 2 aromatic carbocycles. The molecule has 4 rings (SSSR count). The molecular weight excluding hydrogens is 372 g/mol. The standard InChI is InChI=1S/C22H19ClN4O/c23-16-4-3-5-17(12-16)27-22(28)21-9-8-18(14-26-21)24-11-10-15-13-25-20-7-2-1-6-19(15)20/h1-9,12-14,24-25H,10-11H2,(H,27,28). The van der Waals surface area contributed by atoms with Crippen LogP contribution in [0.2, 0.25) is 5.02 Å². The lowest BCUT2D eigenvalue weighted by molar-refractivity contribution is 0.102. The molecule has 5 nitrogen and oxygen atoms in total. The Balaban J connectivity index is 1.33. The van der Waals surface area contributed by atoms with E-state index in [1.165, 1.54) is 10.9 Å². The van der Waals surface area contributed by atoms with Gasteiger partial charge in [-0.2, -0.15) is 0 Å². The average Bonchev–Trinajstić information content (AvgIpc) is 3.12. The first-order valence-corrected chi connectivity index (χ1v) is 9.39. The van der Waals surface area contributed by atoms with Gasteiger partial charge in [-0.1, -0.05) is 35.9 Å². The van der Waals surface area contributed by atoms with Gasteiger partial charge in [0.25, 0.3) is 5.91 Å². The van der Waals surface area contributed by atoms with E-state index in [0.717, 1.165) is 24.2 Å². The van der Waals surface area contributed by atoms with Crippen LogP contribution in [0.15, 0.2) is 73.1 Å². The quantitative estimate of drug-likeness (QED) is 0.427. The topological polar surface area (TPSA) is 69.8 Å². The number of carbonyl (C=O) groups excluding carboxylic acids is 1. The molecule has 0 bridgehead atoms. The van der Waals surface area contributed by atoms with Gasteiger partial charge in [-0.15, -0.1) is 0 Å². The molecular formula is C22H19ClN4O. The minimum atomic E-state index is -0.271. The van der Waals surface area contributed by atoms with E-state index >= 15 is 0 Å². The zero-order valence-electron chi connectivity index (χ0n) is 15.1. The van der Waals surface area contributed by atoms with E-state index in [-0.39, 0.29) is 5.91 Å². The maximum atomic E-state index is 12.3. The van der Waals surface area contributed by atoms with Gasteiger partial charge in [0.1, 0.15) is 5.69 Å². The third kappa shape index (κ3) is 4.15. The van der Waals surface area contributed by atoms with Gasteiger partial charge in [0, 0.05) is 34.4 Å². The van der Waals surface area contributed by atoms with Crippen molar-refractivity contribution in [2.24, 2.45) is 0 Å². The molecule has 0 atom stereocenters. The normalized spacial score (nSPS) is 10.8. The lowest BCUT2D eigenvalue weighted by Gasteiger charge is -2.08. The summed E-state index contributed by atoms with van der Waals surface area (Å²) in [5.41, 5.74) is 4.28. The van der Waals surface area contributed by atoms with Gasteiger partial charge in [-0.3, -0.25) is 4.79 Å². The van der Waals surface area contributed by atoms with Crippen LogP contribution >= 0.6 is 11.6 Å². The number of amides is 1. The van der Waals surface area contributed by atoms with Crippen LogP contribution in [0.3, 0.4) is 0 Å². The monoisotopic (exact) mass is 390 g/mol. The highest BCUT2D eigenvalue weighted by Crippen LogP contribution is 2.19. The second-order valence-corrected chi connectivity index (χ2v) is 6.87. The van der Waals surface area contributed by atoms with E-state index < -0.39 is 0 Å². The highest BCUT2D eigenvalue weighted by atomic mass is 35.5. The second kappa shape index (κ2) is 8.15. The number of aromatic nitrogens is 2. The zero-order chi connectivity index (χ0) is 19.3. The van der Waals surface area contributed by atoms with Gasteiger partial charge < -0.3 is 15.6 Å². The molecule has 0 spiro atoms. The highest BCUT2D eigenvalue weighted by Gasteiger charge is 2.08. The molecule has 0 saturated carbocycles. The van der Waals surface area contributed by atoms with Crippen LogP contribution in [0.1, 0.15) is 16.1 Å². The number of hydrogen-bond acceptors (Lipinski definition) is 3. The van der Waals surface area contributed by atoms with E-state index in [1.807, 2.05) is 24.4 Å². The molecule has 0 aliphatic rings. The number of H-pyrrole nitrogens is 1. The molecule has 0 saturated heterocycles. The number of benzene rings is 2. The summed E-state index contributed by atoms with van der Waals surface area (Å²) in [4.78, 5) is 19.8. The fourth-order valence-electron chi connectivity index (χ4n) is 3.07. The molecule has 4 aromatic rings. The summed E-state index contributed by atoms with van der Waals surface area (Å²) in [5, 5.41) is 7.95. The van der Waals surface area contributed by atoms with Gasteiger partial charge in [0.2, 0.25) is 0 Å². The summed E-state index contributed by atoms with van der Waals surface area (Å²) in [5.74, 6) is -0.271. The third-order valence-corrected chi connectivity index (χ3v) is 4.71. The van der Waals surface area contributed by atoms with Crippen LogP contribution in [0, 0.1) is 0 Å². The maximum absolute atomic E-state index is 12.3. The van der Waals surface area contributed by atoms with Crippen molar-refractivity contribution in [3.05, 3.63) is 89.3 Å². The van der Waals surface area contributed by atoms with Crippen molar-refractivity contribution in [1.82, 2.24) is 9.97 Å². The molecule has 0 aliphatic heterocycles. The Kier molecular flexibility index (Phi) is 5.26. The summed E-state index contributed by atoms with van der Waals surface area (Å²) in [6, 6.07) is 18.8. The van der Waals surface area contributed by atoms with Crippen molar-refractivity contribution in [2.45, 2.75) is 6.42 Å². The summed E-state index contributed by atoms with van der Waals surface area (Å²) < 4.78 is 0. The van der Waals surface area contributed by atoms with Gasteiger partial charge in [-0.25, -0.2) is 4.98 Å². The van der Waals surface area contributed by atoms with Crippen LogP contribution in [-0.2, 0) is 6.42 Å². The van der Waals surface area contributed by atoms with Crippen molar-refractivity contribution in [2.75, 3.05) is 17.2 Å². The van der Waals surface area contributed by atoms with Crippen molar-refractivity contribution in [3.63, 3.8) is 0 Å². The van der Waals surface area contributed by atoms with Crippen LogP contribution in [0.4, 0.5) is 11.4 Å². The largest absolute Gasteiger partial charge is 0.383 e. The minimum absolute atomic E-state index is 0.271. The Morgan fingerprint density at radius 3 is 2.75 bits per heavy atom. The van der Waals surface area contributed by atoms with Crippen LogP contribution < -0.4 is 10.6 Å². The molecule has 3 N–H and O–H groups in total. The molecule has 0 radical (unpaired) electrons. The molecule has 2 aromatic heterocycles. The van der Waals surface area contributed by atoms with Gasteiger partial charge in [0.05, 0.1) is 11.9 Å². The van der Waals surface area contributed by atoms with Gasteiger partial charge in [-0.05, 0) is 48.4 Å². The molecule has 2 heterocycles. The first-order chi connectivity index (χ1) is 13.7. The number of anilines is 2. The lowest BCUT2D eigenvalue weighted by atomic mass is 10.1. The first-order valence-electron chi connectivity index (χ1n) is 9.01. The average molecular weight is 391 g/mol. The number of aromatic amines is 1. The Hall–Kier alpha value is -3.31. The predicted octanol–water partition coefficient (Wildman–Crippen LogP) is 5.12. The molecule has 28 heavy (non-hydrogen) atoms. The Morgan fingerprint density at radius 1 is 1.04 bits per heavy atom. The van der Waals surface area contributed by atoms with Crippen molar-refractivity contribution < 1.29 is 4.79 Å². The van der Waals surface area contributed by atoms with E-state index in [0.29, 0.717) is 16.4 Å². The summed E-state index contributed by atoms with van der Waals surface area (Å²) in [6.07, 6.45) is 4.61. The van der Waals surface area contributed by atoms with Crippen LogP contribution in [-0.4, -0.2) is 22.4 Å². The number of pyridine rings is 1. The van der Waals surface area contributed by atoms with E-state index in [1.54, 1.807) is 36.5 Å². The molecule has 0 fully saturated rings. The fraction of sp³-hybridized carbons (Fsp3) is 0.0909. The van der Waals surface area contributed by atoms with Crippen molar-refractivity contribution >= 4 is 39.8 Å². The number of halogens is 1. The van der Waals surface area contributed by atoms with Crippen molar-refractivity contribution in [3.8, 4) is 0 Å². The summed E-state index contributed by atoms with van der Waals surface area (Å²) in [7, 11) is 0. The van der Waals surface area contributed by atoms with Gasteiger partial charge >= 0.3 is 0 Å². The SMILES string of the molecule is O=C(Nc1cccc(Cl)c1)c1ccc(NCCc2c[nH]c3ccccc23)cn1. The molecule has 0 unspecified atom stereocenters. The maximum Gasteiger partial charge on any atom is 0.274 e. The number of hydrogen-bond donors (Lipinski definition) is 3. The fourth-order valence-corrected chi connectivity index (χ4v) is 3.26. The van der Waals surface area contributed by atoms with E-state index in [9.17, 15) is 4.79 Å². The van der Waals surface area contributed by atoms with Crippen molar-refractivity contribution in [1.29, 1.82) is 0 Å². The number of para-hydroxylation sites is 1. The minimum Gasteiger partial charge on any atom is -0.383 e. The van der Waals surface area contributed by atoms with E-state index in [4.69, 9.17) is 11.6 Å². The summed E-state index contributed by atoms with van der Waals surface area (Å²) >= 11 is 5.94. The summed E-state index contributed by atoms with van der Waals surface area (Å²) in [6.45, 7) is 0.775. The first kappa shape index (κ1) is 18.1. The Morgan fingerprint density at radius 2 is 1.93 bits per heavy atom. The molecule has 140 valence electrons. The molecule has 6 heteroatoms. The van der Waals surface area contributed by atoms with Crippen LogP contribution in [0.5, 0.6) is 0 Å². The third-order valence-electron chi connectivity index (χ3n) is 4.48. The number of carbonyl (C=O) groups is 1. The Labute approximate surface area is 167 Å². The van der Waals surface area contributed by atoms with E-state index in [2.05, 4.69) is 32.7 Å². The lowest BCUT2D eigenvalue weighted by Crippen LogP contribution is -2.14. The Bertz CT molecular complexity index is 1100. The predicted molar refractivity (Wildman–Crippen MR) is 114 cm³/mol. The number of nitrogens with zero attached hydrogens (tertiary/aromatic N) is 1. The number of rotatable bonds is 6. The number of nitrogens with one attached hydrogen (secondary N) is 3. The number of fused-ring (bicyclic) bond motifs is 1. The van der Waals surface area contributed by atoms with Crippen LogP contribution in [0.25, 0.3) is 10.9 Å². The zero-order valence-corrected chi connectivity index (χ0v) is 15.8. The van der Waals surface area contributed by atoms with Gasteiger partial charge in [0.15, 0.2) is 0 Å². The molecule has 1 amide bonds. The molecule has 0 aliphatic carbocycles.